The van der Waals surface area contributed by atoms with E-state index in [1.165, 1.54) is 0 Å². The smallest absolute Gasteiger partial charge is 0.318 e. The fraction of sp³-hybridized carbons (Fsp3) is 0.333. The fourth-order valence-electron chi connectivity index (χ4n) is 1.82. The fourth-order valence-corrected chi connectivity index (χ4v) is 1.95. The van der Waals surface area contributed by atoms with Gasteiger partial charge in [-0.1, -0.05) is 30.7 Å². The highest BCUT2D eigenvalue weighted by molar-refractivity contribution is 6.30. The summed E-state index contributed by atoms with van der Waals surface area (Å²) in [5.41, 5.74) is 0.673. The Morgan fingerprint density at radius 3 is 2.00 bits per heavy atom. The van der Waals surface area contributed by atoms with Gasteiger partial charge >= 0.3 is 11.9 Å². The lowest BCUT2D eigenvalue weighted by molar-refractivity contribution is -0.155. The molecule has 0 spiro atoms. The van der Waals surface area contributed by atoms with Crippen LogP contribution in [-0.4, -0.2) is 22.2 Å². The Morgan fingerprint density at radius 2 is 1.65 bits per heavy atom. The normalized spacial score (nSPS) is 12.4. The van der Waals surface area contributed by atoms with Gasteiger partial charge in [0.05, 0.1) is 0 Å². The molecule has 0 saturated heterocycles. The Bertz CT molecular complexity index is 399. The molecule has 1 rings (SSSR count). The molecule has 4 nitrogen and oxygen atoms in total. The van der Waals surface area contributed by atoms with E-state index in [1.807, 2.05) is 0 Å². The number of rotatable bonds is 5. The zero-order valence-electron chi connectivity index (χ0n) is 9.26. The van der Waals surface area contributed by atoms with Crippen LogP contribution in [0, 0.1) is 5.92 Å². The maximum Gasteiger partial charge on any atom is 0.318 e. The maximum atomic E-state index is 11.0. The molecular formula is C12H13ClO4. The summed E-state index contributed by atoms with van der Waals surface area (Å²) in [6, 6.07) is 6.57. The van der Waals surface area contributed by atoms with Crippen molar-refractivity contribution in [3.8, 4) is 0 Å². The molecular weight excluding hydrogens is 244 g/mol. The molecule has 2 N–H and O–H groups in total. The van der Waals surface area contributed by atoms with Crippen LogP contribution in [-0.2, 0) is 9.59 Å². The molecule has 92 valence electrons. The van der Waals surface area contributed by atoms with Crippen LogP contribution in [0.3, 0.4) is 0 Å². The lowest BCUT2D eigenvalue weighted by atomic mass is 9.84. The molecule has 0 unspecified atom stereocenters. The number of hydrogen-bond donors (Lipinski definition) is 2. The summed E-state index contributed by atoms with van der Waals surface area (Å²) in [4.78, 5) is 21.9. The second-order valence-corrected chi connectivity index (χ2v) is 4.16. The minimum atomic E-state index is -1.43. The van der Waals surface area contributed by atoms with E-state index in [0.29, 0.717) is 17.0 Å². The first-order valence-corrected chi connectivity index (χ1v) is 5.56. The Kier molecular flexibility index (Phi) is 4.52. The van der Waals surface area contributed by atoms with Crippen molar-refractivity contribution >= 4 is 23.5 Å². The van der Waals surface area contributed by atoms with E-state index in [4.69, 9.17) is 21.8 Å². The molecule has 0 radical (unpaired) electrons. The number of aliphatic carboxylic acids is 2. The van der Waals surface area contributed by atoms with Crippen LogP contribution in [0.2, 0.25) is 5.02 Å². The number of carbonyl (C=O) groups is 2. The number of hydrogen-bond acceptors (Lipinski definition) is 2. The van der Waals surface area contributed by atoms with Gasteiger partial charge in [0.1, 0.15) is 0 Å². The van der Waals surface area contributed by atoms with Gasteiger partial charge in [-0.2, -0.15) is 0 Å². The summed E-state index contributed by atoms with van der Waals surface area (Å²) in [7, 11) is 0. The SMILES string of the molecule is CC[C@@H](c1ccc(Cl)cc1)C(C(=O)O)C(=O)O. The minimum Gasteiger partial charge on any atom is -0.481 e. The molecule has 1 aromatic carbocycles. The van der Waals surface area contributed by atoms with Crippen molar-refractivity contribution in [3.05, 3.63) is 34.9 Å². The molecule has 0 amide bonds. The quantitative estimate of drug-likeness (QED) is 0.794. The summed E-state index contributed by atoms with van der Waals surface area (Å²) in [6.07, 6.45) is 0.435. The highest BCUT2D eigenvalue weighted by Gasteiger charge is 2.34. The molecule has 5 heteroatoms. The highest BCUT2D eigenvalue weighted by Crippen LogP contribution is 2.29. The summed E-state index contributed by atoms with van der Waals surface area (Å²) < 4.78 is 0. The number of halogens is 1. The average molecular weight is 257 g/mol. The summed E-state index contributed by atoms with van der Waals surface area (Å²) in [6.45, 7) is 1.76. The van der Waals surface area contributed by atoms with E-state index in [-0.39, 0.29) is 0 Å². The largest absolute Gasteiger partial charge is 0.481 e. The zero-order valence-corrected chi connectivity index (χ0v) is 10.0. The van der Waals surface area contributed by atoms with Crippen molar-refractivity contribution in [1.29, 1.82) is 0 Å². The second-order valence-electron chi connectivity index (χ2n) is 3.72. The summed E-state index contributed by atoms with van der Waals surface area (Å²) in [5, 5.41) is 18.4. The first kappa shape index (κ1) is 13.5. The maximum absolute atomic E-state index is 11.0. The van der Waals surface area contributed by atoms with Gasteiger partial charge in [0.25, 0.3) is 0 Å². The van der Waals surface area contributed by atoms with E-state index >= 15 is 0 Å². The van der Waals surface area contributed by atoms with E-state index in [1.54, 1.807) is 31.2 Å². The molecule has 0 fully saturated rings. The third-order valence-corrected chi connectivity index (χ3v) is 2.92. The monoisotopic (exact) mass is 256 g/mol. The first-order valence-electron chi connectivity index (χ1n) is 5.18. The van der Waals surface area contributed by atoms with Gasteiger partial charge < -0.3 is 10.2 Å². The molecule has 0 bridgehead atoms. The third kappa shape index (κ3) is 3.20. The van der Waals surface area contributed by atoms with Crippen molar-refractivity contribution in [2.75, 3.05) is 0 Å². The summed E-state index contributed by atoms with van der Waals surface area (Å²) >= 11 is 5.73. The van der Waals surface area contributed by atoms with Crippen molar-refractivity contribution in [2.45, 2.75) is 19.3 Å². The van der Waals surface area contributed by atoms with Gasteiger partial charge in [0.2, 0.25) is 0 Å². The number of carboxylic acid groups (broad SMARTS) is 2. The first-order chi connectivity index (χ1) is 7.97. The van der Waals surface area contributed by atoms with Crippen molar-refractivity contribution in [3.63, 3.8) is 0 Å². The van der Waals surface area contributed by atoms with Gasteiger partial charge in [-0.3, -0.25) is 9.59 Å². The van der Waals surface area contributed by atoms with Crippen LogP contribution in [0.25, 0.3) is 0 Å². The second kappa shape index (κ2) is 5.68. The van der Waals surface area contributed by atoms with Crippen LogP contribution in [0.1, 0.15) is 24.8 Å². The van der Waals surface area contributed by atoms with Crippen LogP contribution in [0.5, 0.6) is 0 Å². The molecule has 0 aliphatic heterocycles. The van der Waals surface area contributed by atoms with Gasteiger partial charge in [-0.05, 0) is 24.1 Å². The van der Waals surface area contributed by atoms with E-state index < -0.39 is 23.8 Å². The molecule has 1 atom stereocenters. The standard InChI is InChI=1S/C12H13ClO4/c1-2-9(10(11(14)15)12(16)17)7-3-5-8(13)6-4-7/h3-6,9-10H,2H2,1H3,(H,14,15)(H,16,17)/t9-/m0/s1. The van der Waals surface area contributed by atoms with Gasteiger partial charge in [-0.25, -0.2) is 0 Å². The van der Waals surface area contributed by atoms with Crippen molar-refractivity contribution in [1.82, 2.24) is 0 Å². The number of carboxylic acids is 2. The minimum absolute atomic E-state index is 0.435. The van der Waals surface area contributed by atoms with Crippen molar-refractivity contribution < 1.29 is 19.8 Å². The van der Waals surface area contributed by atoms with Crippen LogP contribution < -0.4 is 0 Å². The molecule has 0 aromatic heterocycles. The molecule has 17 heavy (non-hydrogen) atoms. The zero-order chi connectivity index (χ0) is 13.0. The molecule has 0 heterocycles. The Morgan fingerprint density at radius 1 is 1.18 bits per heavy atom. The number of benzene rings is 1. The molecule has 0 saturated carbocycles. The van der Waals surface area contributed by atoms with Crippen LogP contribution >= 0.6 is 11.6 Å². The van der Waals surface area contributed by atoms with E-state index in [9.17, 15) is 9.59 Å². The Hall–Kier alpha value is -1.55. The lowest BCUT2D eigenvalue weighted by Crippen LogP contribution is -2.29. The van der Waals surface area contributed by atoms with Crippen LogP contribution in [0.15, 0.2) is 24.3 Å². The molecule has 0 aliphatic carbocycles. The Balaban J connectivity index is 3.08. The Labute approximate surface area is 104 Å². The predicted octanol–water partition coefficient (Wildman–Crippen LogP) is 2.62. The van der Waals surface area contributed by atoms with Gasteiger partial charge in [0.15, 0.2) is 5.92 Å². The van der Waals surface area contributed by atoms with Crippen molar-refractivity contribution in [2.24, 2.45) is 5.92 Å². The van der Waals surface area contributed by atoms with Gasteiger partial charge in [-0.15, -0.1) is 0 Å². The summed E-state index contributed by atoms with van der Waals surface area (Å²) in [5.74, 6) is -4.62. The highest BCUT2D eigenvalue weighted by atomic mass is 35.5. The van der Waals surface area contributed by atoms with Crippen LogP contribution in [0.4, 0.5) is 0 Å². The lowest BCUT2D eigenvalue weighted by Gasteiger charge is -2.19. The topological polar surface area (TPSA) is 74.6 Å². The average Bonchev–Trinajstić information content (AvgIpc) is 2.26. The van der Waals surface area contributed by atoms with E-state index in [2.05, 4.69) is 0 Å². The molecule has 0 aliphatic rings. The molecule has 1 aromatic rings. The van der Waals surface area contributed by atoms with E-state index in [0.717, 1.165) is 0 Å². The third-order valence-electron chi connectivity index (χ3n) is 2.67. The van der Waals surface area contributed by atoms with Gasteiger partial charge in [0, 0.05) is 10.9 Å². The predicted molar refractivity (Wildman–Crippen MR) is 63.2 cm³/mol.